The second-order valence-electron chi connectivity index (χ2n) is 5.22. The third-order valence-corrected chi connectivity index (χ3v) is 5.03. The Morgan fingerprint density at radius 2 is 1.79 bits per heavy atom. The van der Waals surface area contributed by atoms with E-state index in [4.69, 9.17) is 9.47 Å². The summed E-state index contributed by atoms with van der Waals surface area (Å²) in [5, 5.41) is 2.67. The predicted octanol–water partition coefficient (Wildman–Crippen LogP) is 2.00. The van der Waals surface area contributed by atoms with Crippen LogP contribution in [0.5, 0.6) is 11.5 Å². The maximum absolute atomic E-state index is 12.5. The monoisotopic (exact) mass is 348 g/mol. The van der Waals surface area contributed by atoms with Crippen molar-refractivity contribution in [3.8, 4) is 11.5 Å². The summed E-state index contributed by atoms with van der Waals surface area (Å²) in [6.45, 7) is 0. The lowest BCUT2D eigenvalue weighted by Gasteiger charge is -2.12. The van der Waals surface area contributed by atoms with E-state index in [1.54, 1.807) is 18.2 Å². The number of fused-ring (bicyclic) bond motifs is 1. The summed E-state index contributed by atoms with van der Waals surface area (Å²) < 4.78 is 37.9. The molecule has 0 aliphatic carbocycles. The van der Waals surface area contributed by atoms with Gasteiger partial charge >= 0.3 is 0 Å². The first kappa shape index (κ1) is 16.1. The minimum absolute atomic E-state index is 0.0903. The molecule has 1 heterocycles. The van der Waals surface area contributed by atoms with Crippen LogP contribution in [0.1, 0.15) is 5.56 Å². The maximum atomic E-state index is 12.5. The van der Waals surface area contributed by atoms with E-state index in [1.165, 1.54) is 32.4 Å². The van der Waals surface area contributed by atoms with Crippen molar-refractivity contribution >= 4 is 27.3 Å². The number of nitrogens with one attached hydrogen (secondary N) is 2. The zero-order chi connectivity index (χ0) is 17.3. The van der Waals surface area contributed by atoms with E-state index in [0.29, 0.717) is 28.4 Å². The van der Waals surface area contributed by atoms with Crippen LogP contribution in [-0.4, -0.2) is 28.5 Å². The van der Waals surface area contributed by atoms with Gasteiger partial charge in [0.05, 0.1) is 31.2 Å². The first-order chi connectivity index (χ1) is 11.4. The Bertz CT molecular complexity index is 909. The number of rotatable bonds is 5. The Labute approximate surface area is 139 Å². The van der Waals surface area contributed by atoms with Crippen molar-refractivity contribution in [2.75, 3.05) is 24.3 Å². The number of hydrogen-bond acceptors (Lipinski definition) is 5. The van der Waals surface area contributed by atoms with E-state index in [9.17, 15) is 13.2 Å². The van der Waals surface area contributed by atoms with E-state index in [2.05, 4.69) is 10.0 Å². The van der Waals surface area contributed by atoms with Gasteiger partial charge in [-0.1, -0.05) is 0 Å². The average Bonchev–Trinajstić information content (AvgIpc) is 2.93. The van der Waals surface area contributed by atoms with Gasteiger partial charge < -0.3 is 14.8 Å². The molecule has 1 amide bonds. The van der Waals surface area contributed by atoms with Crippen molar-refractivity contribution < 1.29 is 22.7 Å². The summed E-state index contributed by atoms with van der Waals surface area (Å²) in [4.78, 5) is 11.5. The van der Waals surface area contributed by atoms with Gasteiger partial charge in [-0.3, -0.25) is 9.52 Å². The molecule has 2 aromatic rings. The fourth-order valence-corrected chi connectivity index (χ4v) is 3.59. The molecule has 0 spiro atoms. The molecule has 3 rings (SSSR count). The molecule has 0 fully saturated rings. The molecular formula is C16H16N2O5S. The molecule has 0 aromatic heterocycles. The highest BCUT2D eigenvalue weighted by Crippen LogP contribution is 2.31. The first-order valence-corrected chi connectivity index (χ1v) is 8.59. The van der Waals surface area contributed by atoms with Crippen LogP contribution in [0.2, 0.25) is 0 Å². The Hall–Kier alpha value is -2.74. The highest BCUT2D eigenvalue weighted by atomic mass is 32.2. The molecule has 1 aliphatic rings. The molecule has 0 unspecified atom stereocenters. The number of benzene rings is 2. The van der Waals surface area contributed by atoms with Crippen molar-refractivity contribution in [3.05, 3.63) is 42.0 Å². The summed E-state index contributed by atoms with van der Waals surface area (Å²) in [5.74, 6) is 0.774. The molecule has 1 aliphatic heterocycles. The molecule has 0 radical (unpaired) electrons. The third kappa shape index (κ3) is 3.00. The fourth-order valence-electron chi connectivity index (χ4n) is 2.49. The fraction of sp³-hybridized carbons (Fsp3) is 0.188. The molecule has 0 saturated carbocycles. The van der Waals surface area contributed by atoms with Gasteiger partial charge in [-0.15, -0.1) is 0 Å². The van der Waals surface area contributed by atoms with Crippen molar-refractivity contribution in [1.29, 1.82) is 0 Å². The second-order valence-corrected chi connectivity index (χ2v) is 6.90. The number of carbonyl (C=O) groups excluding carboxylic acids is 1. The molecule has 7 nitrogen and oxygen atoms in total. The first-order valence-electron chi connectivity index (χ1n) is 7.10. The Balaban J connectivity index is 1.89. The number of sulfonamides is 1. The van der Waals surface area contributed by atoms with Gasteiger partial charge in [0, 0.05) is 11.8 Å². The Morgan fingerprint density at radius 1 is 1.04 bits per heavy atom. The summed E-state index contributed by atoms with van der Waals surface area (Å²) >= 11 is 0. The highest BCUT2D eigenvalue weighted by molar-refractivity contribution is 7.92. The van der Waals surface area contributed by atoms with Gasteiger partial charge in [-0.2, -0.15) is 0 Å². The van der Waals surface area contributed by atoms with Crippen LogP contribution in [0, 0.1) is 0 Å². The van der Waals surface area contributed by atoms with E-state index in [1.807, 2.05) is 0 Å². The van der Waals surface area contributed by atoms with Crippen LogP contribution < -0.4 is 19.5 Å². The predicted molar refractivity (Wildman–Crippen MR) is 89.1 cm³/mol. The van der Waals surface area contributed by atoms with Gasteiger partial charge in [-0.25, -0.2) is 8.42 Å². The van der Waals surface area contributed by atoms with Crippen LogP contribution in [0.15, 0.2) is 41.3 Å². The summed E-state index contributed by atoms with van der Waals surface area (Å²) in [5.41, 5.74) is 1.66. The van der Waals surface area contributed by atoms with Crippen molar-refractivity contribution in [1.82, 2.24) is 0 Å². The summed E-state index contributed by atoms with van der Waals surface area (Å²) in [7, 11) is -0.808. The third-order valence-electron chi connectivity index (χ3n) is 3.65. The van der Waals surface area contributed by atoms with Gasteiger partial charge in [0.25, 0.3) is 10.0 Å². The molecule has 8 heteroatoms. The van der Waals surface area contributed by atoms with Crippen LogP contribution in [0.4, 0.5) is 11.4 Å². The molecule has 2 aromatic carbocycles. The second kappa shape index (κ2) is 6.04. The number of methoxy groups -OCH3 is 2. The van der Waals surface area contributed by atoms with Gasteiger partial charge in [0.15, 0.2) is 11.5 Å². The lowest BCUT2D eigenvalue weighted by atomic mass is 10.2. The SMILES string of the molecule is COc1ccc(NS(=O)(=O)c2ccc3c(c2)CC(=O)N3)cc1OC. The van der Waals surface area contributed by atoms with Crippen molar-refractivity contribution in [2.24, 2.45) is 0 Å². The van der Waals surface area contributed by atoms with Crippen LogP contribution in [-0.2, 0) is 21.2 Å². The number of carbonyl (C=O) groups is 1. The molecule has 126 valence electrons. The Kier molecular flexibility index (Phi) is 4.06. The van der Waals surface area contributed by atoms with Gasteiger partial charge in [0.1, 0.15) is 0 Å². The minimum atomic E-state index is -3.78. The van der Waals surface area contributed by atoms with E-state index in [-0.39, 0.29) is 17.2 Å². The lowest BCUT2D eigenvalue weighted by molar-refractivity contribution is -0.115. The molecule has 2 N–H and O–H groups in total. The molecule has 0 bridgehead atoms. The maximum Gasteiger partial charge on any atom is 0.261 e. The standard InChI is InChI=1S/C16H16N2O5S/c1-22-14-6-3-11(9-15(14)23-2)18-24(20,21)12-4-5-13-10(7-12)8-16(19)17-13/h3-7,9,18H,8H2,1-2H3,(H,17,19). The summed E-state index contributed by atoms with van der Waals surface area (Å²) in [6, 6.07) is 9.27. The zero-order valence-corrected chi connectivity index (χ0v) is 13.9. The topological polar surface area (TPSA) is 93.7 Å². The van der Waals surface area contributed by atoms with Crippen molar-refractivity contribution in [3.63, 3.8) is 0 Å². The van der Waals surface area contributed by atoms with E-state index >= 15 is 0 Å². The molecule has 0 saturated heterocycles. The Morgan fingerprint density at radius 3 is 2.50 bits per heavy atom. The largest absolute Gasteiger partial charge is 0.493 e. The molecule has 0 atom stereocenters. The number of amides is 1. The van der Waals surface area contributed by atoms with E-state index < -0.39 is 10.0 Å². The van der Waals surface area contributed by atoms with Crippen LogP contribution in [0.25, 0.3) is 0 Å². The van der Waals surface area contributed by atoms with Crippen molar-refractivity contribution in [2.45, 2.75) is 11.3 Å². The molecular weight excluding hydrogens is 332 g/mol. The summed E-state index contributed by atoms with van der Waals surface area (Å²) in [6.07, 6.45) is 0.176. The minimum Gasteiger partial charge on any atom is -0.493 e. The average molecular weight is 348 g/mol. The number of anilines is 2. The van der Waals surface area contributed by atoms with Crippen LogP contribution >= 0.6 is 0 Å². The zero-order valence-electron chi connectivity index (χ0n) is 13.1. The number of hydrogen-bond donors (Lipinski definition) is 2. The smallest absolute Gasteiger partial charge is 0.261 e. The molecule has 24 heavy (non-hydrogen) atoms. The van der Waals surface area contributed by atoms with E-state index in [0.717, 1.165) is 0 Å². The van der Waals surface area contributed by atoms with Gasteiger partial charge in [0.2, 0.25) is 5.91 Å². The lowest BCUT2D eigenvalue weighted by Crippen LogP contribution is -2.13. The highest BCUT2D eigenvalue weighted by Gasteiger charge is 2.22. The van der Waals surface area contributed by atoms with Crippen LogP contribution in [0.3, 0.4) is 0 Å². The number of ether oxygens (including phenoxy) is 2. The van der Waals surface area contributed by atoms with Gasteiger partial charge in [-0.05, 0) is 35.9 Å². The quantitative estimate of drug-likeness (QED) is 0.862. The normalized spacial score (nSPS) is 13.2.